The maximum atomic E-state index is 11.4. The number of hydrogen-bond acceptors (Lipinski definition) is 5. The lowest BCUT2D eigenvalue weighted by molar-refractivity contribution is -0.117. The molecule has 1 rings (SSSR count). The number of carbonyl (C=O) groups is 2. The smallest absolute Gasteiger partial charge is 0.293 e. The van der Waals surface area contributed by atoms with Gasteiger partial charge in [-0.25, -0.2) is 0 Å². The summed E-state index contributed by atoms with van der Waals surface area (Å²) in [6, 6.07) is 3.10. The van der Waals surface area contributed by atoms with E-state index in [0.29, 0.717) is 6.54 Å². The van der Waals surface area contributed by atoms with Crippen molar-refractivity contribution in [3.8, 4) is 0 Å². The highest BCUT2D eigenvalue weighted by Gasteiger charge is 2.11. The maximum Gasteiger partial charge on any atom is 0.293 e. The van der Waals surface area contributed by atoms with Crippen molar-refractivity contribution in [3.05, 3.63) is 24.2 Å². The number of carbonyl (C=O) groups excluding carboxylic acids is 2. The Morgan fingerprint density at radius 1 is 1.50 bits per heavy atom. The number of nitrogens with one attached hydrogen (secondary N) is 1. The van der Waals surface area contributed by atoms with Crippen LogP contribution in [0.25, 0.3) is 0 Å². The highest BCUT2D eigenvalue weighted by atomic mass is 32.2. The zero-order chi connectivity index (χ0) is 11.8. The molecule has 2 amide bonds. The first-order chi connectivity index (χ1) is 7.74. The fourth-order valence-electron chi connectivity index (χ4n) is 0.982. The lowest BCUT2D eigenvalue weighted by Gasteiger charge is -2.01. The Morgan fingerprint density at radius 2 is 2.31 bits per heavy atom. The summed E-state index contributed by atoms with van der Waals surface area (Å²) < 4.78 is 4.85. The molecule has 5 nitrogen and oxygen atoms in total. The molecule has 0 aliphatic carbocycles. The van der Waals surface area contributed by atoms with Crippen LogP contribution in [0.4, 0.5) is 0 Å². The minimum absolute atomic E-state index is 0.139. The monoisotopic (exact) mass is 242 g/mol. The van der Waals surface area contributed by atoms with Gasteiger partial charge in [-0.2, -0.15) is 11.8 Å². The van der Waals surface area contributed by atoms with E-state index >= 15 is 0 Å². The quantitative estimate of drug-likeness (QED) is 0.714. The molecule has 0 fully saturated rings. The highest BCUT2D eigenvalue weighted by Crippen LogP contribution is 2.02. The molecule has 0 radical (unpaired) electrons. The molecule has 0 unspecified atom stereocenters. The van der Waals surface area contributed by atoms with Crippen molar-refractivity contribution in [1.82, 2.24) is 5.32 Å². The van der Waals surface area contributed by atoms with E-state index in [1.807, 2.05) is 0 Å². The summed E-state index contributed by atoms with van der Waals surface area (Å²) in [5, 5.41) is 2.24. The summed E-state index contributed by atoms with van der Waals surface area (Å²) in [5.74, 6) is 0.392. The molecule has 0 aliphatic rings. The van der Waals surface area contributed by atoms with Crippen LogP contribution in [0.2, 0.25) is 0 Å². The van der Waals surface area contributed by atoms with Crippen molar-refractivity contribution in [2.24, 2.45) is 5.73 Å². The molecular weight excluding hydrogens is 228 g/mol. The lowest BCUT2D eigenvalue weighted by Crippen LogP contribution is -2.31. The van der Waals surface area contributed by atoms with Crippen LogP contribution < -0.4 is 11.1 Å². The third-order valence-corrected chi connectivity index (χ3v) is 2.77. The third kappa shape index (κ3) is 4.50. The van der Waals surface area contributed by atoms with Gasteiger partial charge in [0.25, 0.3) is 5.91 Å². The van der Waals surface area contributed by atoms with E-state index < -0.39 is 5.91 Å². The zero-order valence-electron chi connectivity index (χ0n) is 8.77. The molecule has 16 heavy (non-hydrogen) atoms. The van der Waals surface area contributed by atoms with E-state index in [1.165, 1.54) is 24.1 Å². The van der Waals surface area contributed by atoms with Crippen LogP contribution in [0.15, 0.2) is 22.8 Å². The van der Waals surface area contributed by atoms with Crippen molar-refractivity contribution in [3.63, 3.8) is 0 Å². The molecule has 0 saturated heterocycles. The number of amides is 2. The topological polar surface area (TPSA) is 85.3 Å². The summed E-state index contributed by atoms with van der Waals surface area (Å²) in [5.41, 5.74) is 5.31. The largest absolute Gasteiger partial charge is 0.459 e. The summed E-state index contributed by atoms with van der Waals surface area (Å²) >= 11 is 1.45. The molecule has 1 aromatic rings. The van der Waals surface area contributed by atoms with E-state index in [1.54, 1.807) is 6.07 Å². The van der Waals surface area contributed by atoms with Crippen LogP contribution in [0, 0.1) is 0 Å². The first kappa shape index (κ1) is 12.8. The molecule has 3 N–H and O–H groups in total. The normalized spacial score (nSPS) is 10.1. The fraction of sp³-hybridized carbons (Fsp3) is 0.400. The molecule has 0 spiro atoms. The molecule has 88 valence electrons. The summed E-state index contributed by atoms with van der Waals surface area (Å²) in [6.07, 6.45) is 2.25. The van der Waals surface area contributed by atoms with E-state index in [4.69, 9.17) is 10.2 Å². The minimum atomic E-state index is -0.505. The predicted octanol–water partition coefficient (Wildman–Crippen LogP) is 0.618. The van der Waals surface area contributed by atoms with Gasteiger partial charge in [0.1, 0.15) is 0 Å². The van der Waals surface area contributed by atoms with Crippen LogP contribution >= 0.6 is 11.8 Å². The first-order valence-electron chi connectivity index (χ1n) is 4.89. The molecule has 0 aromatic carbocycles. The van der Waals surface area contributed by atoms with E-state index in [2.05, 4.69) is 5.32 Å². The van der Waals surface area contributed by atoms with E-state index in [9.17, 15) is 9.59 Å². The fourth-order valence-corrected chi connectivity index (χ4v) is 1.76. The molecular formula is C10H14N2O3S. The zero-order valence-corrected chi connectivity index (χ0v) is 9.59. The Labute approximate surface area is 97.8 Å². The van der Waals surface area contributed by atoms with Gasteiger partial charge in [0.05, 0.1) is 12.0 Å². The van der Waals surface area contributed by atoms with Gasteiger partial charge in [-0.05, 0) is 30.9 Å². The molecule has 0 aliphatic heterocycles. The Balaban J connectivity index is 2.21. The third-order valence-electron chi connectivity index (χ3n) is 1.72. The molecule has 0 saturated carbocycles. The Morgan fingerprint density at radius 3 is 2.94 bits per heavy atom. The Kier molecular flexibility index (Phi) is 5.66. The highest BCUT2D eigenvalue weighted by molar-refractivity contribution is 7.99. The summed E-state index contributed by atoms with van der Waals surface area (Å²) in [7, 11) is 0. The Bertz CT molecular complexity index is 338. The van der Waals surface area contributed by atoms with Crippen LogP contribution in [0.5, 0.6) is 0 Å². The number of hydrogen-bond donors (Lipinski definition) is 2. The SMILES string of the molecule is NCCCSCC(=O)NC(=O)c1ccco1. The second kappa shape index (κ2) is 7.08. The average Bonchev–Trinajstić information content (AvgIpc) is 2.77. The summed E-state index contributed by atoms with van der Waals surface area (Å²) in [6.45, 7) is 0.611. The standard InChI is InChI=1S/C10H14N2O3S/c11-4-2-6-16-7-9(13)12-10(14)8-3-1-5-15-8/h1,3,5H,2,4,6-7,11H2,(H,12,13,14). The van der Waals surface area contributed by atoms with Gasteiger partial charge in [-0.3, -0.25) is 14.9 Å². The van der Waals surface area contributed by atoms with Gasteiger partial charge in [0.2, 0.25) is 5.91 Å². The van der Waals surface area contributed by atoms with Crippen molar-refractivity contribution < 1.29 is 14.0 Å². The number of thioether (sulfide) groups is 1. The second-order valence-corrected chi connectivity index (χ2v) is 4.15. The molecule has 0 bridgehead atoms. The average molecular weight is 242 g/mol. The Hall–Kier alpha value is -1.27. The van der Waals surface area contributed by atoms with Crippen LogP contribution in [0.3, 0.4) is 0 Å². The number of rotatable bonds is 6. The van der Waals surface area contributed by atoms with Gasteiger partial charge in [-0.1, -0.05) is 0 Å². The van der Waals surface area contributed by atoms with Gasteiger partial charge in [0, 0.05) is 0 Å². The molecule has 1 aromatic heterocycles. The lowest BCUT2D eigenvalue weighted by atomic mass is 10.4. The van der Waals surface area contributed by atoms with Gasteiger partial charge < -0.3 is 10.2 Å². The van der Waals surface area contributed by atoms with Crippen molar-refractivity contribution in [2.45, 2.75) is 6.42 Å². The van der Waals surface area contributed by atoms with E-state index in [0.717, 1.165) is 12.2 Å². The van der Waals surface area contributed by atoms with Crippen molar-refractivity contribution >= 4 is 23.6 Å². The number of furan rings is 1. The molecule has 1 heterocycles. The second-order valence-electron chi connectivity index (χ2n) is 3.05. The van der Waals surface area contributed by atoms with Gasteiger partial charge in [0.15, 0.2) is 5.76 Å². The van der Waals surface area contributed by atoms with Crippen molar-refractivity contribution in [2.75, 3.05) is 18.1 Å². The molecule has 0 atom stereocenters. The maximum absolute atomic E-state index is 11.4. The predicted molar refractivity (Wildman–Crippen MR) is 62.2 cm³/mol. The molecule has 6 heteroatoms. The van der Waals surface area contributed by atoms with E-state index in [-0.39, 0.29) is 17.4 Å². The van der Waals surface area contributed by atoms with Crippen LogP contribution in [-0.2, 0) is 4.79 Å². The van der Waals surface area contributed by atoms with Crippen molar-refractivity contribution in [1.29, 1.82) is 0 Å². The van der Waals surface area contributed by atoms with Crippen LogP contribution in [0.1, 0.15) is 17.0 Å². The minimum Gasteiger partial charge on any atom is -0.459 e. The summed E-state index contributed by atoms with van der Waals surface area (Å²) in [4.78, 5) is 22.6. The van der Waals surface area contributed by atoms with Crippen LogP contribution in [-0.4, -0.2) is 29.9 Å². The van der Waals surface area contributed by atoms with Gasteiger partial charge in [-0.15, -0.1) is 0 Å². The first-order valence-corrected chi connectivity index (χ1v) is 6.05. The number of nitrogens with two attached hydrogens (primary N) is 1. The number of imide groups is 1. The van der Waals surface area contributed by atoms with Gasteiger partial charge >= 0.3 is 0 Å².